The van der Waals surface area contributed by atoms with Gasteiger partial charge in [-0.15, -0.1) is 0 Å². The van der Waals surface area contributed by atoms with Crippen LogP contribution in [0.4, 0.5) is 4.79 Å². The van der Waals surface area contributed by atoms with Gasteiger partial charge in [0.25, 0.3) is 0 Å². The Labute approximate surface area is 130 Å². The van der Waals surface area contributed by atoms with Crippen LogP contribution >= 0.6 is 0 Å². The summed E-state index contributed by atoms with van der Waals surface area (Å²) in [7, 11) is 0. The summed E-state index contributed by atoms with van der Waals surface area (Å²) < 4.78 is 5.10. The average Bonchev–Trinajstić information content (AvgIpc) is 3.13. The van der Waals surface area contributed by atoms with Gasteiger partial charge in [-0.05, 0) is 46.5 Å². The molecule has 3 amide bonds. The standard InChI is InChI=1S/C15H25N3O4/c1-9(10-5-6-10)16-13(20)11-7-12(19)18(8-11)17-14(21)22-15(2,3)4/h9-11H,5-8H2,1-4H3,(H,16,20)(H,17,21)/t9-,11+/m0/s1. The first-order chi connectivity index (χ1) is 10.2. The van der Waals surface area contributed by atoms with E-state index in [-0.39, 0.29) is 30.8 Å². The van der Waals surface area contributed by atoms with Crippen molar-refractivity contribution in [2.45, 2.75) is 58.6 Å². The topological polar surface area (TPSA) is 87.7 Å². The van der Waals surface area contributed by atoms with E-state index in [2.05, 4.69) is 10.7 Å². The smallest absolute Gasteiger partial charge is 0.426 e. The van der Waals surface area contributed by atoms with Gasteiger partial charge in [-0.3, -0.25) is 14.6 Å². The summed E-state index contributed by atoms with van der Waals surface area (Å²) in [5.41, 5.74) is 1.77. The van der Waals surface area contributed by atoms with Gasteiger partial charge in [-0.25, -0.2) is 10.2 Å². The van der Waals surface area contributed by atoms with Crippen LogP contribution in [-0.2, 0) is 14.3 Å². The number of hydrogen-bond donors (Lipinski definition) is 2. The minimum Gasteiger partial charge on any atom is -0.443 e. The minimum atomic E-state index is -0.687. The van der Waals surface area contributed by atoms with Crippen LogP contribution in [-0.4, -0.2) is 41.1 Å². The van der Waals surface area contributed by atoms with E-state index in [4.69, 9.17) is 4.74 Å². The zero-order valence-corrected chi connectivity index (χ0v) is 13.6. The summed E-state index contributed by atoms with van der Waals surface area (Å²) >= 11 is 0. The fraction of sp³-hybridized carbons (Fsp3) is 0.800. The zero-order chi connectivity index (χ0) is 16.5. The van der Waals surface area contributed by atoms with Crippen LogP contribution in [0, 0.1) is 11.8 Å². The molecule has 0 aromatic heterocycles. The molecule has 2 N–H and O–H groups in total. The molecular formula is C15H25N3O4. The highest BCUT2D eigenvalue weighted by molar-refractivity contribution is 5.90. The largest absolute Gasteiger partial charge is 0.443 e. The van der Waals surface area contributed by atoms with E-state index in [0.717, 1.165) is 12.8 Å². The predicted molar refractivity (Wildman–Crippen MR) is 79.5 cm³/mol. The van der Waals surface area contributed by atoms with Crippen molar-refractivity contribution in [3.05, 3.63) is 0 Å². The Balaban J connectivity index is 1.82. The molecule has 0 aromatic carbocycles. The lowest BCUT2D eigenvalue weighted by Crippen LogP contribution is -2.46. The number of hydrazine groups is 1. The number of nitrogens with one attached hydrogen (secondary N) is 2. The highest BCUT2D eigenvalue weighted by Gasteiger charge is 2.38. The molecule has 2 aliphatic rings. The molecular weight excluding hydrogens is 286 g/mol. The van der Waals surface area contributed by atoms with Crippen LogP contribution in [0.2, 0.25) is 0 Å². The van der Waals surface area contributed by atoms with Gasteiger partial charge in [-0.2, -0.15) is 0 Å². The highest BCUT2D eigenvalue weighted by atomic mass is 16.6. The van der Waals surface area contributed by atoms with E-state index in [1.807, 2.05) is 6.92 Å². The van der Waals surface area contributed by atoms with E-state index >= 15 is 0 Å². The van der Waals surface area contributed by atoms with E-state index < -0.39 is 17.6 Å². The van der Waals surface area contributed by atoms with Gasteiger partial charge >= 0.3 is 6.09 Å². The van der Waals surface area contributed by atoms with Gasteiger partial charge < -0.3 is 10.1 Å². The molecule has 7 heteroatoms. The number of carbonyl (C=O) groups is 3. The summed E-state index contributed by atoms with van der Waals surface area (Å²) in [4.78, 5) is 35.7. The normalized spacial score (nSPS) is 23.2. The first-order valence-electron chi connectivity index (χ1n) is 7.76. The molecule has 1 heterocycles. The molecule has 7 nitrogen and oxygen atoms in total. The van der Waals surface area contributed by atoms with Crippen LogP contribution in [0.5, 0.6) is 0 Å². The Morgan fingerprint density at radius 2 is 1.95 bits per heavy atom. The highest BCUT2D eigenvalue weighted by Crippen LogP contribution is 2.32. The monoisotopic (exact) mass is 311 g/mol. The van der Waals surface area contributed by atoms with Crippen molar-refractivity contribution in [3.63, 3.8) is 0 Å². The number of rotatable bonds is 4. The van der Waals surface area contributed by atoms with Crippen LogP contribution in [0.3, 0.4) is 0 Å². The summed E-state index contributed by atoms with van der Waals surface area (Å²) in [6.07, 6.45) is 1.72. The van der Waals surface area contributed by atoms with E-state index in [1.54, 1.807) is 20.8 Å². The van der Waals surface area contributed by atoms with E-state index in [9.17, 15) is 14.4 Å². The zero-order valence-electron chi connectivity index (χ0n) is 13.6. The van der Waals surface area contributed by atoms with Gasteiger partial charge in [0.1, 0.15) is 5.60 Å². The first kappa shape index (κ1) is 16.6. The van der Waals surface area contributed by atoms with Crippen molar-refractivity contribution >= 4 is 17.9 Å². The fourth-order valence-corrected chi connectivity index (χ4v) is 2.46. The molecule has 2 fully saturated rings. The third kappa shape index (κ3) is 4.61. The van der Waals surface area contributed by atoms with E-state index in [0.29, 0.717) is 5.92 Å². The summed E-state index contributed by atoms with van der Waals surface area (Å²) in [6.45, 7) is 7.40. The molecule has 0 aromatic rings. The maximum absolute atomic E-state index is 12.2. The molecule has 124 valence electrons. The lowest BCUT2D eigenvalue weighted by Gasteiger charge is -2.23. The van der Waals surface area contributed by atoms with Crippen molar-refractivity contribution < 1.29 is 19.1 Å². The maximum Gasteiger partial charge on any atom is 0.426 e. The molecule has 2 rings (SSSR count). The van der Waals surface area contributed by atoms with Crippen LogP contribution in [0.1, 0.15) is 47.0 Å². The van der Waals surface area contributed by atoms with Gasteiger partial charge in [0.2, 0.25) is 11.8 Å². The number of carbonyl (C=O) groups excluding carboxylic acids is 3. The van der Waals surface area contributed by atoms with E-state index in [1.165, 1.54) is 5.01 Å². The Bertz CT molecular complexity index is 468. The quantitative estimate of drug-likeness (QED) is 0.816. The number of nitrogens with zero attached hydrogens (tertiary/aromatic N) is 1. The Morgan fingerprint density at radius 1 is 1.32 bits per heavy atom. The molecule has 1 aliphatic heterocycles. The SMILES string of the molecule is C[C@H](NC(=O)[C@@H]1CC(=O)N(NC(=O)OC(C)(C)C)C1)C1CC1. The average molecular weight is 311 g/mol. The van der Waals surface area contributed by atoms with Crippen molar-refractivity contribution in [2.75, 3.05) is 6.54 Å². The maximum atomic E-state index is 12.2. The van der Waals surface area contributed by atoms with Crippen molar-refractivity contribution in [1.29, 1.82) is 0 Å². The molecule has 1 aliphatic carbocycles. The molecule has 2 atom stereocenters. The Kier molecular flexibility index (Phi) is 4.63. The first-order valence-corrected chi connectivity index (χ1v) is 7.76. The van der Waals surface area contributed by atoms with Crippen molar-refractivity contribution in [1.82, 2.24) is 15.8 Å². The second kappa shape index (κ2) is 6.14. The lowest BCUT2D eigenvalue weighted by atomic mass is 10.1. The number of hydrogen-bond acceptors (Lipinski definition) is 4. The second-order valence-corrected chi connectivity index (χ2v) is 7.15. The molecule has 1 saturated carbocycles. The van der Waals surface area contributed by atoms with Crippen LogP contribution in [0.25, 0.3) is 0 Å². The molecule has 0 spiro atoms. The molecule has 0 bridgehead atoms. The molecule has 22 heavy (non-hydrogen) atoms. The predicted octanol–water partition coefficient (Wildman–Crippen LogP) is 1.19. The number of amides is 3. The molecule has 1 saturated heterocycles. The number of ether oxygens (including phenoxy) is 1. The Hall–Kier alpha value is -1.79. The molecule has 0 radical (unpaired) electrons. The van der Waals surface area contributed by atoms with Gasteiger partial charge in [0, 0.05) is 12.5 Å². The summed E-state index contributed by atoms with van der Waals surface area (Å²) in [5, 5.41) is 4.12. The lowest BCUT2D eigenvalue weighted by molar-refractivity contribution is -0.131. The Morgan fingerprint density at radius 3 is 2.50 bits per heavy atom. The third-order valence-corrected chi connectivity index (χ3v) is 3.82. The fourth-order valence-electron chi connectivity index (χ4n) is 2.46. The van der Waals surface area contributed by atoms with Crippen molar-refractivity contribution in [3.8, 4) is 0 Å². The second-order valence-electron chi connectivity index (χ2n) is 7.15. The van der Waals surface area contributed by atoms with Gasteiger partial charge in [0.05, 0.1) is 12.5 Å². The molecule has 0 unspecified atom stereocenters. The minimum absolute atomic E-state index is 0.110. The van der Waals surface area contributed by atoms with Gasteiger partial charge in [-0.1, -0.05) is 0 Å². The summed E-state index contributed by atoms with van der Waals surface area (Å²) in [5.74, 6) is -0.257. The van der Waals surface area contributed by atoms with Crippen molar-refractivity contribution in [2.24, 2.45) is 11.8 Å². The van der Waals surface area contributed by atoms with Crippen LogP contribution in [0.15, 0.2) is 0 Å². The van der Waals surface area contributed by atoms with Gasteiger partial charge in [0.15, 0.2) is 0 Å². The summed E-state index contributed by atoms with van der Waals surface area (Å²) in [6, 6.07) is 0.149. The van der Waals surface area contributed by atoms with Crippen LogP contribution < -0.4 is 10.7 Å². The third-order valence-electron chi connectivity index (χ3n) is 3.82.